The number of aliphatic hydroxyl groups is 1. The van der Waals surface area contributed by atoms with Gasteiger partial charge >= 0.3 is 5.97 Å². The van der Waals surface area contributed by atoms with Crippen molar-refractivity contribution < 1.29 is 14.6 Å². The molecule has 1 saturated heterocycles. The van der Waals surface area contributed by atoms with Crippen LogP contribution in [0.2, 0.25) is 0 Å². The maximum atomic E-state index is 11.5. The monoisotopic (exact) mass is 246 g/mol. The van der Waals surface area contributed by atoms with Gasteiger partial charge in [-0.3, -0.25) is 4.79 Å². The Labute approximate surface area is 84.6 Å². The summed E-state index contributed by atoms with van der Waals surface area (Å²) in [5, 5.41) is 9.22. The van der Waals surface area contributed by atoms with Crippen LogP contribution in [0.25, 0.3) is 0 Å². The molecule has 3 fully saturated rings. The lowest BCUT2D eigenvalue weighted by molar-refractivity contribution is -0.144. The van der Waals surface area contributed by atoms with Crippen LogP contribution in [0.1, 0.15) is 6.42 Å². The average Bonchev–Trinajstić information content (AvgIpc) is 2.68. The summed E-state index contributed by atoms with van der Waals surface area (Å²) in [7, 11) is 0. The van der Waals surface area contributed by atoms with Crippen LogP contribution in [0.4, 0.5) is 0 Å². The van der Waals surface area contributed by atoms with Gasteiger partial charge in [0.1, 0.15) is 6.10 Å². The van der Waals surface area contributed by atoms with Gasteiger partial charge in [-0.1, -0.05) is 15.9 Å². The lowest BCUT2D eigenvalue weighted by Crippen LogP contribution is -2.35. The highest BCUT2D eigenvalue weighted by Gasteiger charge is 2.65. The molecule has 0 unspecified atom stereocenters. The summed E-state index contributed by atoms with van der Waals surface area (Å²) in [6.45, 7) is 0.121. The van der Waals surface area contributed by atoms with E-state index in [0.717, 1.165) is 6.42 Å². The molecule has 4 heteroatoms. The van der Waals surface area contributed by atoms with Crippen molar-refractivity contribution in [1.82, 2.24) is 0 Å². The molecule has 0 radical (unpaired) electrons. The highest BCUT2D eigenvalue weighted by atomic mass is 79.9. The number of aliphatic hydroxyl groups excluding tert-OH is 1. The third kappa shape index (κ3) is 0.814. The lowest BCUT2D eigenvalue weighted by Gasteiger charge is -2.26. The molecule has 1 N–H and O–H groups in total. The number of carbonyl (C=O) groups excluding carboxylic acids is 1. The van der Waals surface area contributed by atoms with Gasteiger partial charge in [-0.25, -0.2) is 0 Å². The van der Waals surface area contributed by atoms with E-state index in [1.807, 2.05) is 0 Å². The number of fused-ring (bicyclic) bond motifs is 1. The second-order valence-corrected chi connectivity index (χ2v) is 5.34. The van der Waals surface area contributed by atoms with Gasteiger partial charge in [0.15, 0.2) is 0 Å². The molecule has 3 rings (SSSR count). The van der Waals surface area contributed by atoms with Crippen LogP contribution in [0.3, 0.4) is 0 Å². The van der Waals surface area contributed by atoms with Gasteiger partial charge in [0.05, 0.1) is 10.7 Å². The number of hydrogen-bond donors (Lipinski definition) is 1. The Bertz CT molecular complexity index is 268. The Morgan fingerprint density at radius 3 is 3.00 bits per heavy atom. The van der Waals surface area contributed by atoms with E-state index in [2.05, 4.69) is 15.9 Å². The summed E-state index contributed by atoms with van der Waals surface area (Å²) in [5.74, 6) is 0.864. The average molecular weight is 247 g/mol. The Morgan fingerprint density at radius 2 is 2.31 bits per heavy atom. The molecule has 2 bridgehead atoms. The van der Waals surface area contributed by atoms with Crippen molar-refractivity contribution >= 4 is 21.9 Å². The highest BCUT2D eigenvalue weighted by molar-refractivity contribution is 9.09. The largest absolute Gasteiger partial charge is 0.461 e. The molecule has 13 heavy (non-hydrogen) atoms. The van der Waals surface area contributed by atoms with Crippen LogP contribution in [0.5, 0.6) is 0 Å². The van der Waals surface area contributed by atoms with E-state index in [9.17, 15) is 9.90 Å². The van der Waals surface area contributed by atoms with Crippen LogP contribution in [0, 0.1) is 23.7 Å². The molecular formula is C9H11BrO3. The summed E-state index contributed by atoms with van der Waals surface area (Å²) in [4.78, 5) is 11.7. The third-order valence-electron chi connectivity index (χ3n) is 3.90. The smallest absolute Gasteiger partial charge is 0.310 e. The van der Waals surface area contributed by atoms with E-state index in [0.29, 0.717) is 11.8 Å². The minimum absolute atomic E-state index is 0.00574. The minimum atomic E-state index is -0.0847. The van der Waals surface area contributed by atoms with Gasteiger partial charge < -0.3 is 9.84 Å². The Balaban J connectivity index is 2.01. The minimum Gasteiger partial charge on any atom is -0.461 e. The second kappa shape index (κ2) is 2.48. The number of alkyl halides is 1. The molecule has 0 spiro atoms. The van der Waals surface area contributed by atoms with Crippen molar-refractivity contribution in [3.8, 4) is 0 Å². The molecular weight excluding hydrogens is 236 g/mol. The van der Waals surface area contributed by atoms with E-state index in [-0.39, 0.29) is 35.3 Å². The maximum absolute atomic E-state index is 11.5. The predicted octanol–water partition coefficient (Wildman–Crippen LogP) is 0.550. The molecule has 0 aromatic rings. The quantitative estimate of drug-likeness (QED) is 0.543. The summed E-state index contributed by atoms with van der Waals surface area (Å²) in [5.41, 5.74) is 0. The maximum Gasteiger partial charge on any atom is 0.310 e. The number of hydrogen-bond acceptors (Lipinski definition) is 3. The first-order valence-electron chi connectivity index (χ1n) is 4.69. The van der Waals surface area contributed by atoms with E-state index in [1.165, 1.54) is 0 Å². The standard InChI is InChI=1S/C9H11BrO3/c10-7-3-1-4-6(5(3)2-11)9(12)13-8(4)7/h3-8,11H,1-2H2/t3-,4+,5+,6+,7+,8+/m1/s1. The van der Waals surface area contributed by atoms with Gasteiger partial charge in [-0.15, -0.1) is 0 Å². The van der Waals surface area contributed by atoms with Gasteiger partial charge in [0, 0.05) is 12.5 Å². The molecule has 6 atom stereocenters. The molecule has 3 aliphatic rings. The molecule has 1 aliphatic heterocycles. The molecule has 72 valence electrons. The fraction of sp³-hybridized carbons (Fsp3) is 0.889. The summed E-state index contributed by atoms with van der Waals surface area (Å²) in [6, 6.07) is 0. The normalized spacial score (nSPS) is 57.2. The zero-order chi connectivity index (χ0) is 9.16. The fourth-order valence-corrected chi connectivity index (χ4v) is 4.48. The SMILES string of the molecule is O=C1O[C@@H]2[C@@H](Br)[C@@H]3C[C@H]2[C@H]1[C@H]3CO. The van der Waals surface area contributed by atoms with Gasteiger partial charge in [-0.2, -0.15) is 0 Å². The molecule has 0 aromatic heterocycles. The molecule has 3 nitrogen and oxygen atoms in total. The lowest BCUT2D eigenvalue weighted by atomic mass is 9.80. The second-order valence-electron chi connectivity index (χ2n) is 4.28. The van der Waals surface area contributed by atoms with Crippen LogP contribution in [-0.4, -0.2) is 28.6 Å². The van der Waals surface area contributed by atoms with Gasteiger partial charge in [0.25, 0.3) is 0 Å². The van der Waals surface area contributed by atoms with Crippen molar-refractivity contribution in [2.45, 2.75) is 17.4 Å². The van der Waals surface area contributed by atoms with E-state index in [1.54, 1.807) is 0 Å². The zero-order valence-electron chi connectivity index (χ0n) is 7.02. The van der Waals surface area contributed by atoms with E-state index >= 15 is 0 Å². The summed E-state index contributed by atoms with van der Waals surface area (Å²) >= 11 is 3.57. The van der Waals surface area contributed by atoms with Crippen molar-refractivity contribution in [3.05, 3.63) is 0 Å². The van der Waals surface area contributed by atoms with E-state index < -0.39 is 0 Å². The molecule has 2 aliphatic carbocycles. The van der Waals surface area contributed by atoms with Crippen molar-refractivity contribution in [2.75, 3.05) is 6.61 Å². The van der Waals surface area contributed by atoms with Crippen molar-refractivity contribution in [1.29, 1.82) is 0 Å². The molecule has 0 aromatic carbocycles. The van der Waals surface area contributed by atoms with Gasteiger partial charge in [0.2, 0.25) is 0 Å². The first kappa shape index (κ1) is 8.24. The van der Waals surface area contributed by atoms with Gasteiger partial charge in [-0.05, 0) is 18.3 Å². The summed E-state index contributed by atoms with van der Waals surface area (Å²) in [6.07, 6.45) is 1.13. The Morgan fingerprint density at radius 1 is 1.54 bits per heavy atom. The van der Waals surface area contributed by atoms with Crippen LogP contribution in [-0.2, 0) is 9.53 Å². The molecule has 2 saturated carbocycles. The topological polar surface area (TPSA) is 46.5 Å². The van der Waals surface area contributed by atoms with Crippen molar-refractivity contribution in [2.24, 2.45) is 23.7 Å². The molecule has 0 amide bonds. The zero-order valence-corrected chi connectivity index (χ0v) is 8.61. The van der Waals surface area contributed by atoms with E-state index in [4.69, 9.17) is 4.74 Å². The fourth-order valence-electron chi connectivity index (χ4n) is 3.37. The number of rotatable bonds is 1. The molecule has 1 heterocycles. The summed E-state index contributed by atoms with van der Waals surface area (Å²) < 4.78 is 5.29. The number of halogens is 1. The number of esters is 1. The van der Waals surface area contributed by atoms with Crippen LogP contribution in [0.15, 0.2) is 0 Å². The highest BCUT2D eigenvalue weighted by Crippen LogP contribution is 2.59. The van der Waals surface area contributed by atoms with Crippen molar-refractivity contribution in [3.63, 3.8) is 0 Å². The number of ether oxygens (including phenoxy) is 1. The van der Waals surface area contributed by atoms with Crippen LogP contribution >= 0.6 is 15.9 Å². The third-order valence-corrected chi connectivity index (χ3v) is 5.10. The predicted molar refractivity (Wildman–Crippen MR) is 48.3 cm³/mol. The Kier molecular flexibility index (Phi) is 1.57. The van der Waals surface area contributed by atoms with Crippen LogP contribution < -0.4 is 0 Å². The Hall–Kier alpha value is -0.0900. The number of carbonyl (C=O) groups is 1. The first-order chi connectivity index (χ1) is 6.24. The first-order valence-corrected chi connectivity index (χ1v) is 5.61.